The summed E-state index contributed by atoms with van der Waals surface area (Å²) in [6.45, 7) is 8.69. The van der Waals surface area contributed by atoms with E-state index in [1.807, 2.05) is 33.8 Å². The Balaban J connectivity index is 2.11. The molecule has 8 nitrogen and oxygen atoms in total. The Morgan fingerprint density at radius 1 is 1.00 bits per heavy atom. The average Bonchev–Trinajstić information content (AvgIpc) is 2.92. The van der Waals surface area contributed by atoms with E-state index in [2.05, 4.69) is 5.32 Å². The molecule has 0 saturated carbocycles. The van der Waals surface area contributed by atoms with Gasteiger partial charge >= 0.3 is 0 Å². The highest BCUT2D eigenvalue weighted by molar-refractivity contribution is 7.92. The van der Waals surface area contributed by atoms with Gasteiger partial charge in [-0.2, -0.15) is 0 Å². The minimum Gasteiger partial charge on any atom is -0.497 e. The van der Waals surface area contributed by atoms with Gasteiger partial charge in [-0.1, -0.05) is 54.9 Å². The van der Waals surface area contributed by atoms with E-state index in [1.54, 1.807) is 62.6 Å². The predicted molar refractivity (Wildman–Crippen MR) is 163 cm³/mol. The molecule has 1 atom stereocenters. The summed E-state index contributed by atoms with van der Waals surface area (Å²) in [6.07, 6.45) is 0.319. The number of rotatable bonds is 11. The summed E-state index contributed by atoms with van der Waals surface area (Å²) in [5.41, 5.74) is 1.10. The molecule has 220 valence electrons. The Bertz CT molecular complexity index is 1470. The molecule has 0 unspecified atom stereocenters. The zero-order valence-corrected chi connectivity index (χ0v) is 25.9. The lowest BCUT2D eigenvalue weighted by molar-refractivity contribution is -0.141. The van der Waals surface area contributed by atoms with Crippen LogP contribution in [0.3, 0.4) is 0 Å². The van der Waals surface area contributed by atoms with Crippen molar-refractivity contribution in [3.63, 3.8) is 0 Å². The predicted octanol–water partition coefficient (Wildman–Crippen LogP) is 5.57. The van der Waals surface area contributed by atoms with Crippen molar-refractivity contribution >= 4 is 39.1 Å². The number of nitrogens with one attached hydrogen (secondary N) is 1. The van der Waals surface area contributed by atoms with Crippen molar-refractivity contribution in [1.29, 1.82) is 0 Å². The number of anilines is 1. The lowest BCUT2D eigenvalue weighted by Crippen LogP contribution is -2.55. The number of hydrogen-bond donors (Lipinski definition) is 1. The number of halogens is 1. The van der Waals surface area contributed by atoms with Crippen LogP contribution in [-0.2, 0) is 26.2 Å². The number of carbonyl (C=O) groups is 2. The third-order valence-corrected chi connectivity index (χ3v) is 8.43. The van der Waals surface area contributed by atoms with Gasteiger partial charge < -0.3 is 15.0 Å². The second-order valence-corrected chi connectivity index (χ2v) is 13.1. The molecule has 0 aliphatic carbocycles. The molecule has 3 aromatic carbocycles. The van der Waals surface area contributed by atoms with Gasteiger partial charge in [0.1, 0.15) is 18.3 Å². The summed E-state index contributed by atoms with van der Waals surface area (Å²) >= 11 is 6.29. The summed E-state index contributed by atoms with van der Waals surface area (Å²) in [5.74, 6) is -0.264. The fourth-order valence-electron chi connectivity index (χ4n) is 4.42. The summed E-state index contributed by atoms with van der Waals surface area (Å²) in [5, 5.41) is 3.29. The Labute approximate surface area is 248 Å². The monoisotopic (exact) mass is 599 g/mol. The van der Waals surface area contributed by atoms with Crippen LogP contribution in [0.25, 0.3) is 0 Å². The van der Waals surface area contributed by atoms with Crippen molar-refractivity contribution in [2.75, 3.05) is 18.0 Å². The van der Waals surface area contributed by atoms with Crippen molar-refractivity contribution in [2.24, 2.45) is 0 Å². The first-order chi connectivity index (χ1) is 19.3. The Hall–Kier alpha value is -3.56. The van der Waals surface area contributed by atoms with Crippen LogP contribution in [0, 0.1) is 6.92 Å². The van der Waals surface area contributed by atoms with E-state index in [9.17, 15) is 18.0 Å². The first kappa shape index (κ1) is 32.0. The number of aryl methyl sites for hydroxylation is 1. The molecule has 3 rings (SSSR count). The maximum atomic E-state index is 14.2. The van der Waals surface area contributed by atoms with Gasteiger partial charge in [0, 0.05) is 17.1 Å². The molecule has 0 aromatic heterocycles. The van der Waals surface area contributed by atoms with Gasteiger partial charge in [0.15, 0.2) is 0 Å². The summed E-state index contributed by atoms with van der Waals surface area (Å²) in [4.78, 5) is 29.1. The van der Waals surface area contributed by atoms with E-state index in [4.69, 9.17) is 16.3 Å². The Kier molecular flexibility index (Phi) is 10.4. The summed E-state index contributed by atoms with van der Waals surface area (Å²) in [7, 11) is -2.63. The van der Waals surface area contributed by atoms with Crippen LogP contribution in [0.15, 0.2) is 77.7 Å². The van der Waals surface area contributed by atoms with Crippen molar-refractivity contribution in [1.82, 2.24) is 10.2 Å². The first-order valence-electron chi connectivity index (χ1n) is 13.3. The number of hydrogen-bond acceptors (Lipinski definition) is 5. The molecule has 41 heavy (non-hydrogen) atoms. The molecule has 0 saturated heterocycles. The third-order valence-electron chi connectivity index (χ3n) is 6.42. The Morgan fingerprint density at radius 2 is 1.68 bits per heavy atom. The molecule has 0 aliphatic heterocycles. The van der Waals surface area contributed by atoms with Crippen molar-refractivity contribution in [2.45, 2.75) is 64.1 Å². The maximum absolute atomic E-state index is 14.2. The molecule has 0 fully saturated rings. The summed E-state index contributed by atoms with van der Waals surface area (Å²) in [6, 6.07) is 19.2. The van der Waals surface area contributed by atoms with Crippen molar-refractivity contribution in [3.05, 3.63) is 88.9 Å². The number of ether oxygens (including phenoxy) is 1. The first-order valence-corrected chi connectivity index (χ1v) is 15.2. The number of benzene rings is 3. The highest BCUT2D eigenvalue weighted by Gasteiger charge is 2.35. The van der Waals surface area contributed by atoms with Crippen LogP contribution in [0.4, 0.5) is 5.69 Å². The second-order valence-electron chi connectivity index (χ2n) is 10.8. The largest absolute Gasteiger partial charge is 0.497 e. The molecule has 1 N–H and O–H groups in total. The normalized spacial score (nSPS) is 12.4. The van der Waals surface area contributed by atoms with Crippen LogP contribution < -0.4 is 14.4 Å². The lowest BCUT2D eigenvalue weighted by atomic mass is 10.1. The second kappa shape index (κ2) is 13.4. The fourth-order valence-corrected chi connectivity index (χ4v) is 6.08. The van der Waals surface area contributed by atoms with Crippen LogP contribution in [-0.4, -0.2) is 50.4 Å². The average molecular weight is 600 g/mol. The van der Waals surface area contributed by atoms with E-state index in [0.29, 0.717) is 22.8 Å². The summed E-state index contributed by atoms with van der Waals surface area (Å²) < 4.78 is 34.4. The van der Waals surface area contributed by atoms with Gasteiger partial charge in [-0.05, 0) is 81.6 Å². The lowest BCUT2D eigenvalue weighted by Gasteiger charge is -2.35. The fraction of sp³-hybridized carbons (Fsp3) is 0.355. The number of methoxy groups -OCH3 is 1. The van der Waals surface area contributed by atoms with Crippen LogP contribution in [0.5, 0.6) is 5.75 Å². The zero-order valence-electron chi connectivity index (χ0n) is 24.3. The maximum Gasteiger partial charge on any atom is 0.264 e. The molecular weight excluding hydrogens is 562 g/mol. The quantitative estimate of drug-likeness (QED) is 0.311. The number of nitrogens with zero attached hydrogens (tertiary/aromatic N) is 2. The molecule has 0 radical (unpaired) electrons. The van der Waals surface area contributed by atoms with Gasteiger partial charge in [0.2, 0.25) is 11.8 Å². The van der Waals surface area contributed by atoms with Gasteiger partial charge in [-0.3, -0.25) is 13.9 Å². The minimum absolute atomic E-state index is 0.0315. The SMILES string of the molecule is CC[C@H](C(=O)NC(C)(C)C)N(Cc1cccc(OC)c1)C(=O)CN(c1cc(Cl)ccc1C)S(=O)(=O)c1ccccc1. The van der Waals surface area contributed by atoms with E-state index in [0.717, 1.165) is 9.87 Å². The number of sulfonamides is 1. The van der Waals surface area contributed by atoms with Gasteiger partial charge in [0.05, 0.1) is 17.7 Å². The highest BCUT2D eigenvalue weighted by Crippen LogP contribution is 2.30. The van der Waals surface area contributed by atoms with Gasteiger partial charge in [0.25, 0.3) is 10.0 Å². The smallest absolute Gasteiger partial charge is 0.264 e. The zero-order chi connectivity index (χ0) is 30.4. The van der Waals surface area contributed by atoms with Crippen LogP contribution in [0.2, 0.25) is 5.02 Å². The standard InChI is InChI=1S/C31H38ClN3O5S/c1-7-27(30(37)33-31(3,4)5)34(20-23-12-11-13-25(18-23)40-6)29(36)21-35(28-19-24(32)17-16-22(28)2)41(38,39)26-14-9-8-10-15-26/h8-19,27H,7,20-21H2,1-6H3,(H,33,37)/t27-/m1/s1. The Morgan fingerprint density at radius 3 is 2.29 bits per heavy atom. The van der Waals surface area contributed by atoms with E-state index in [-0.39, 0.29) is 23.0 Å². The third kappa shape index (κ3) is 8.24. The molecule has 0 aliphatic rings. The number of carbonyl (C=O) groups excluding carboxylic acids is 2. The molecule has 10 heteroatoms. The number of amides is 2. The van der Waals surface area contributed by atoms with Gasteiger partial charge in [-0.15, -0.1) is 0 Å². The van der Waals surface area contributed by atoms with Crippen molar-refractivity contribution in [3.8, 4) is 5.75 Å². The molecule has 2 amide bonds. The molecule has 0 heterocycles. The van der Waals surface area contributed by atoms with Crippen LogP contribution in [0.1, 0.15) is 45.2 Å². The van der Waals surface area contributed by atoms with Crippen molar-refractivity contribution < 1.29 is 22.7 Å². The highest BCUT2D eigenvalue weighted by atomic mass is 35.5. The van der Waals surface area contributed by atoms with E-state index >= 15 is 0 Å². The molecule has 0 spiro atoms. The molecule has 3 aromatic rings. The van der Waals surface area contributed by atoms with Gasteiger partial charge in [-0.25, -0.2) is 8.42 Å². The van der Waals surface area contributed by atoms with Crippen LogP contribution >= 0.6 is 11.6 Å². The van der Waals surface area contributed by atoms with E-state index < -0.39 is 34.1 Å². The molecular formula is C31H38ClN3O5S. The molecule has 0 bridgehead atoms. The topological polar surface area (TPSA) is 96.0 Å². The van der Waals surface area contributed by atoms with E-state index in [1.165, 1.54) is 23.1 Å². The minimum atomic E-state index is -4.18.